The highest BCUT2D eigenvalue weighted by Crippen LogP contribution is 2.25. The Morgan fingerprint density at radius 1 is 1.11 bits per heavy atom. The van der Waals surface area contributed by atoms with E-state index >= 15 is 0 Å². The molecule has 0 saturated carbocycles. The van der Waals surface area contributed by atoms with E-state index in [2.05, 4.69) is 10.3 Å². The van der Waals surface area contributed by atoms with Crippen LogP contribution < -0.4 is 4.74 Å². The molecule has 0 radical (unpaired) electrons. The Morgan fingerprint density at radius 2 is 1.74 bits per heavy atom. The normalized spacial score (nSPS) is 11.3. The minimum atomic E-state index is -3.85. The summed E-state index contributed by atoms with van der Waals surface area (Å²) in [5.74, 6) is -0.467. The Balaban J connectivity index is 1.97. The largest absolute Gasteiger partial charge is 0.494 e. The summed E-state index contributed by atoms with van der Waals surface area (Å²) >= 11 is 0. The van der Waals surface area contributed by atoms with E-state index in [-0.39, 0.29) is 15.5 Å². The predicted molar refractivity (Wildman–Crippen MR) is 96.1 cm³/mol. The number of benzene rings is 2. The number of rotatable bonds is 6. The molecule has 9 heteroatoms. The lowest BCUT2D eigenvalue weighted by Crippen LogP contribution is -2.06. The molecule has 3 rings (SSSR count). The summed E-state index contributed by atoms with van der Waals surface area (Å²) in [6.45, 7) is 3.92. The van der Waals surface area contributed by atoms with E-state index in [0.717, 1.165) is 0 Å². The minimum Gasteiger partial charge on any atom is -0.494 e. The Hall–Kier alpha value is -3.20. The first kappa shape index (κ1) is 18.6. The number of carbonyl (C=O) groups is 1. The Morgan fingerprint density at radius 3 is 2.30 bits per heavy atom. The van der Waals surface area contributed by atoms with Gasteiger partial charge in [0.05, 0.1) is 28.4 Å². The molecule has 0 saturated heterocycles. The SMILES string of the molecule is CCOc1ccc(S(=O)(=O)c2nnn(-c3ccc(C(=O)O)cc3)c2C)cc1. The highest BCUT2D eigenvalue weighted by molar-refractivity contribution is 7.91. The molecule has 1 heterocycles. The van der Waals surface area contributed by atoms with Gasteiger partial charge in [0.15, 0.2) is 0 Å². The second kappa shape index (κ2) is 7.20. The van der Waals surface area contributed by atoms with Crippen molar-refractivity contribution < 1.29 is 23.1 Å². The third kappa shape index (κ3) is 3.54. The molecule has 0 bridgehead atoms. The zero-order chi connectivity index (χ0) is 19.6. The monoisotopic (exact) mass is 387 g/mol. The van der Waals surface area contributed by atoms with Gasteiger partial charge in [-0.05, 0) is 62.4 Å². The van der Waals surface area contributed by atoms with Crippen molar-refractivity contribution in [1.82, 2.24) is 15.0 Å². The van der Waals surface area contributed by atoms with E-state index in [9.17, 15) is 13.2 Å². The highest BCUT2D eigenvalue weighted by atomic mass is 32.2. The second-order valence-corrected chi connectivity index (χ2v) is 7.52. The van der Waals surface area contributed by atoms with Gasteiger partial charge in [0.2, 0.25) is 14.9 Å². The molecule has 2 aromatic carbocycles. The summed E-state index contributed by atoms with van der Waals surface area (Å²) in [6, 6.07) is 12.0. The van der Waals surface area contributed by atoms with Crippen LogP contribution >= 0.6 is 0 Å². The molecule has 0 spiro atoms. The van der Waals surface area contributed by atoms with Gasteiger partial charge in [-0.2, -0.15) is 0 Å². The quantitative estimate of drug-likeness (QED) is 0.691. The average molecular weight is 387 g/mol. The van der Waals surface area contributed by atoms with Crippen molar-refractivity contribution in [2.45, 2.75) is 23.8 Å². The summed E-state index contributed by atoms with van der Waals surface area (Å²) in [5.41, 5.74) is 0.962. The van der Waals surface area contributed by atoms with Gasteiger partial charge in [0.25, 0.3) is 0 Å². The van der Waals surface area contributed by atoms with Crippen LogP contribution in [-0.4, -0.2) is 41.1 Å². The van der Waals surface area contributed by atoms with Crippen LogP contribution in [0.4, 0.5) is 0 Å². The number of hydrogen-bond acceptors (Lipinski definition) is 6. The first-order chi connectivity index (χ1) is 12.8. The summed E-state index contributed by atoms with van der Waals surface area (Å²) in [4.78, 5) is 11.0. The Labute approximate surface area is 155 Å². The number of aromatic nitrogens is 3. The van der Waals surface area contributed by atoms with E-state index in [1.54, 1.807) is 31.2 Å². The predicted octanol–water partition coefficient (Wildman–Crippen LogP) is 2.51. The van der Waals surface area contributed by atoms with Gasteiger partial charge in [-0.3, -0.25) is 0 Å². The number of nitrogens with zero attached hydrogens (tertiary/aromatic N) is 3. The molecule has 0 amide bonds. The lowest BCUT2D eigenvalue weighted by Gasteiger charge is -2.06. The van der Waals surface area contributed by atoms with Gasteiger partial charge in [-0.15, -0.1) is 5.10 Å². The number of carboxylic acid groups (broad SMARTS) is 1. The average Bonchev–Trinajstić information content (AvgIpc) is 3.05. The van der Waals surface area contributed by atoms with E-state index < -0.39 is 15.8 Å². The number of ether oxygens (including phenoxy) is 1. The number of carboxylic acids is 1. The number of hydrogen-bond donors (Lipinski definition) is 1. The molecule has 8 nitrogen and oxygen atoms in total. The van der Waals surface area contributed by atoms with Crippen molar-refractivity contribution >= 4 is 15.8 Å². The minimum absolute atomic E-state index is 0.0855. The van der Waals surface area contributed by atoms with Crippen molar-refractivity contribution in [3.8, 4) is 11.4 Å². The van der Waals surface area contributed by atoms with Crippen LogP contribution in [0.2, 0.25) is 0 Å². The first-order valence-corrected chi connectivity index (χ1v) is 9.57. The van der Waals surface area contributed by atoms with Gasteiger partial charge in [0.1, 0.15) is 5.75 Å². The van der Waals surface area contributed by atoms with Crippen LogP contribution in [-0.2, 0) is 9.84 Å². The van der Waals surface area contributed by atoms with Crippen LogP contribution in [0.5, 0.6) is 5.75 Å². The van der Waals surface area contributed by atoms with Gasteiger partial charge < -0.3 is 9.84 Å². The molecule has 27 heavy (non-hydrogen) atoms. The van der Waals surface area contributed by atoms with E-state index in [0.29, 0.717) is 23.7 Å². The molecule has 0 atom stereocenters. The van der Waals surface area contributed by atoms with E-state index in [1.807, 2.05) is 6.92 Å². The zero-order valence-corrected chi connectivity index (χ0v) is 15.5. The summed E-state index contributed by atoms with van der Waals surface area (Å²) in [6.07, 6.45) is 0. The van der Waals surface area contributed by atoms with Gasteiger partial charge >= 0.3 is 5.97 Å². The third-order valence-electron chi connectivity index (χ3n) is 3.91. The van der Waals surface area contributed by atoms with Gasteiger partial charge in [-0.1, -0.05) is 5.21 Å². The molecular formula is C18H17N3O5S. The highest BCUT2D eigenvalue weighted by Gasteiger charge is 2.26. The standard InChI is InChI=1S/C18H17N3O5S/c1-3-26-15-8-10-16(11-9-15)27(24,25)17-12(2)21(20-19-17)14-6-4-13(5-7-14)18(22)23/h4-11H,3H2,1-2H3,(H,22,23). The summed E-state index contributed by atoms with van der Waals surface area (Å²) in [7, 11) is -3.85. The maximum atomic E-state index is 12.9. The van der Waals surface area contributed by atoms with Crippen LogP contribution in [0.3, 0.4) is 0 Å². The molecule has 1 aromatic heterocycles. The van der Waals surface area contributed by atoms with Crippen LogP contribution in [0.1, 0.15) is 23.0 Å². The van der Waals surface area contributed by atoms with Gasteiger partial charge in [0, 0.05) is 0 Å². The maximum Gasteiger partial charge on any atom is 0.335 e. The molecule has 0 fully saturated rings. The topological polar surface area (TPSA) is 111 Å². The number of sulfone groups is 1. The molecule has 0 aliphatic rings. The fourth-order valence-electron chi connectivity index (χ4n) is 2.55. The van der Waals surface area contributed by atoms with Crippen molar-refractivity contribution in [2.24, 2.45) is 0 Å². The third-order valence-corrected chi connectivity index (χ3v) is 5.69. The van der Waals surface area contributed by atoms with Crippen LogP contribution in [0.15, 0.2) is 58.5 Å². The first-order valence-electron chi connectivity index (χ1n) is 8.08. The Kier molecular flexibility index (Phi) is 4.95. The Bertz CT molecular complexity index is 1070. The fourth-order valence-corrected chi connectivity index (χ4v) is 3.88. The van der Waals surface area contributed by atoms with Gasteiger partial charge in [-0.25, -0.2) is 17.9 Å². The van der Waals surface area contributed by atoms with Crippen molar-refractivity contribution in [3.05, 3.63) is 59.8 Å². The van der Waals surface area contributed by atoms with Crippen molar-refractivity contribution in [1.29, 1.82) is 0 Å². The lowest BCUT2D eigenvalue weighted by atomic mass is 10.2. The molecule has 1 N–H and O–H groups in total. The maximum absolute atomic E-state index is 12.9. The molecule has 0 aliphatic carbocycles. The van der Waals surface area contributed by atoms with Crippen molar-refractivity contribution in [2.75, 3.05) is 6.61 Å². The zero-order valence-electron chi connectivity index (χ0n) is 14.7. The van der Waals surface area contributed by atoms with E-state index in [1.165, 1.54) is 28.9 Å². The molecule has 0 unspecified atom stereocenters. The second-order valence-electron chi connectivity index (χ2n) is 5.65. The molecular weight excluding hydrogens is 370 g/mol. The lowest BCUT2D eigenvalue weighted by molar-refractivity contribution is 0.0697. The summed E-state index contributed by atoms with van der Waals surface area (Å²) < 4.78 is 32.4. The fraction of sp³-hybridized carbons (Fsp3) is 0.167. The molecule has 0 aliphatic heterocycles. The van der Waals surface area contributed by atoms with Crippen molar-refractivity contribution in [3.63, 3.8) is 0 Å². The molecule has 3 aromatic rings. The smallest absolute Gasteiger partial charge is 0.335 e. The van der Waals surface area contributed by atoms with Crippen LogP contribution in [0.25, 0.3) is 5.69 Å². The molecule has 140 valence electrons. The summed E-state index contributed by atoms with van der Waals surface area (Å²) in [5, 5.41) is 16.6. The van der Waals surface area contributed by atoms with Crippen LogP contribution in [0, 0.1) is 6.92 Å². The van der Waals surface area contributed by atoms with E-state index in [4.69, 9.17) is 9.84 Å². The number of aromatic carboxylic acids is 1.